The molecule has 2 heterocycles. The Bertz CT molecular complexity index is 432. The average Bonchev–Trinajstić information content (AvgIpc) is 2.63. The second-order valence-corrected chi connectivity index (χ2v) is 3.97. The summed E-state index contributed by atoms with van der Waals surface area (Å²) in [6.45, 7) is 2.01. The van der Waals surface area contributed by atoms with Gasteiger partial charge in [-0.3, -0.25) is 4.98 Å². The van der Waals surface area contributed by atoms with Crippen LogP contribution in [-0.4, -0.2) is 9.97 Å². The molecule has 0 spiro atoms. The summed E-state index contributed by atoms with van der Waals surface area (Å²) in [5, 5.41) is 3.14. The molecule has 0 saturated heterocycles. The first-order valence-electron chi connectivity index (χ1n) is 4.35. The highest BCUT2D eigenvalue weighted by Gasteiger charge is 1.92. The number of aryl methyl sites for hydroxylation is 1. The fraction of sp³-hybridized carbons (Fsp3) is 0.0909. The van der Waals surface area contributed by atoms with Crippen molar-refractivity contribution >= 4 is 23.5 Å². The molecule has 0 radical (unpaired) electrons. The Morgan fingerprint density at radius 1 is 1.36 bits per heavy atom. The van der Waals surface area contributed by atoms with Gasteiger partial charge in [-0.15, -0.1) is 11.3 Å². The second kappa shape index (κ2) is 4.15. The van der Waals surface area contributed by atoms with E-state index in [4.69, 9.17) is 0 Å². The molecule has 70 valence electrons. The molecule has 0 unspecified atom stereocenters. The Kier molecular flexibility index (Phi) is 2.70. The number of hydrogen-bond acceptors (Lipinski definition) is 3. The van der Waals surface area contributed by atoms with Crippen molar-refractivity contribution in [3.63, 3.8) is 0 Å². The predicted octanol–water partition coefficient (Wildman–Crippen LogP) is 3.02. The van der Waals surface area contributed by atoms with Crippen LogP contribution >= 0.6 is 11.3 Å². The first-order chi connectivity index (χ1) is 6.84. The molecule has 14 heavy (non-hydrogen) atoms. The second-order valence-electron chi connectivity index (χ2n) is 2.91. The van der Waals surface area contributed by atoms with Gasteiger partial charge in [0, 0.05) is 17.8 Å². The van der Waals surface area contributed by atoms with Crippen LogP contribution in [0.25, 0.3) is 12.2 Å². The van der Waals surface area contributed by atoms with E-state index in [0.717, 1.165) is 16.3 Å². The van der Waals surface area contributed by atoms with Gasteiger partial charge in [0.1, 0.15) is 0 Å². The maximum atomic E-state index is 4.34. The van der Waals surface area contributed by atoms with E-state index >= 15 is 0 Å². The van der Waals surface area contributed by atoms with Crippen molar-refractivity contribution in [3.05, 3.63) is 46.2 Å². The van der Waals surface area contributed by atoms with E-state index in [2.05, 4.69) is 9.97 Å². The van der Waals surface area contributed by atoms with Gasteiger partial charge in [0.05, 0.1) is 10.7 Å². The SMILES string of the molecule is Cc1nc(C=Cc2cccnc2)cs1. The van der Waals surface area contributed by atoms with Gasteiger partial charge in [-0.05, 0) is 24.6 Å². The van der Waals surface area contributed by atoms with E-state index in [0.29, 0.717) is 0 Å². The molecular weight excluding hydrogens is 192 g/mol. The maximum absolute atomic E-state index is 4.34. The van der Waals surface area contributed by atoms with Crippen LogP contribution in [0.2, 0.25) is 0 Å². The maximum Gasteiger partial charge on any atom is 0.0901 e. The summed E-state index contributed by atoms with van der Waals surface area (Å²) < 4.78 is 0. The third kappa shape index (κ3) is 2.26. The monoisotopic (exact) mass is 202 g/mol. The van der Waals surface area contributed by atoms with Crippen molar-refractivity contribution in [1.29, 1.82) is 0 Å². The highest BCUT2D eigenvalue weighted by molar-refractivity contribution is 7.09. The molecule has 0 aromatic carbocycles. The van der Waals surface area contributed by atoms with Crippen molar-refractivity contribution in [2.45, 2.75) is 6.92 Å². The first-order valence-corrected chi connectivity index (χ1v) is 5.23. The predicted molar refractivity (Wildman–Crippen MR) is 60.0 cm³/mol. The largest absolute Gasteiger partial charge is 0.264 e. The molecule has 0 bridgehead atoms. The highest BCUT2D eigenvalue weighted by atomic mass is 32.1. The lowest BCUT2D eigenvalue weighted by molar-refractivity contribution is 1.27. The van der Waals surface area contributed by atoms with Gasteiger partial charge in [-0.25, -0.2) is 4.98 Å². The number of nitrogens with zero attached hydrogens (tertiary/aromatic N) is 2. The van der Waals surface area contributed by atoms with E-state index in [1.807, 2.05) is 42.8 Å². The summed E-state index contributed by atoms with van der Waals surface area (Å²) in [5.74, 6) is 0. The van der Waals surface area contributed by atoms with Crippen LogP contribution in [-0.2, 0) is 0 Å². The molecule has 0 aliphatic carbocycles. The molecular formula is C11H10N2S. The highest BCUT2D eigenvalue weighted by Crippen LogP contribution is 2.11. The lowest BCUT2D eigenvalue weighted by Crippen LogP contribution is -1.74. The van der Waals surface area contributed by atoms with Gasteiger partial charge in [0.25, 0.3) is 0 Å². The first kappa shape index (κ1) is 9.09. The van der Waals surface area contributed by atoms with E-state index in [1.165, 1.54) is 0 Å². The van der Waals surface area contributed by atoms with Crippen LogP contribution in [0.3, 0.4) is 0 Å². The molecule has 0 fully saturated rings. The van der Waals surface area contributed by atoms with Crippen LogP contribution < -0.4 is 0 Å². The molecule has 0 aliphatic heterocycles. The minimum atomic E-state index is 1.01. The van der Waals surface area contributed by atoms with Gasteiger partial charge in [0.2, 0.25) is 0 Å². The molecule has 2 aromatic heterocycles. The van der Waals surface area contributed by atoms with Gasteiger partial charge in [-0.2, -0.15) is 0 Å². The third-order valence-electron chi connectivity index (χ3n) is 1.77. The van der Waals surface area contributed by atoms with Crippen LogP contribution in [0.15, 0.2) is 29.9 Å². The number of thiazole rings is 1. The summed E-state index contributed by atoms with van der Waals surface area (Å²) in [7, 11) is 0. The molecule has 0 N–H and O–H groups in total. The molecule has 0 saturated carbocycles. The van der Waals surface area contributed by atoms with Crippen molar-refractivity contribution < 1.29 is 0 Å². The Balaban J connectivity index is 2.15. The molecule has 2 aromatic rings. The Morgan fingerprint density at radius 3 is 2.93 bits per heavy atom. The Hall–Kier alpha value is -1.48. The smallest absolute Gasteiger partial charge is 0.0901 e. The zero-order chi connectivity index (χ0) is 9.80. The van der Waals surface area contributed by atoms with Gasteiger partial charge in [-0.1, -0.05) is 12.1 Å². The fourth-order valence-corrected chi connectivity index (χ4v) is 1.69. The Labute approximate surface area is 87.0 Å². The lowest BCUT2D eigenvalue weighted by atomic mass is 10.2. The summed E-state index contributed by atoms with van der Waals surface area (Å²) in [6, 6.07) is 3.94. The Morgan fingerprint density at radius 2 is 2.29 bits per heavy atom. The number of hydrogen-bond donors (Lipinski definition) is 0. The normalized spacial score (nSPS) is 10.9. The quantitative estimate of drug-likeness (QED) is 0.748. The zero-order valence-electron chi connectivity index (χ0n) is 7.84. The minimum Gasteiger partial charge on any atom is -0.264 e. The molecule has 3 heteroatoms. The summed E-state index contributed by atoms with van der Waals surface area (Å²) >= 11 is 1.66. The van der Waals surface area contributed by atoms with Gasteiger partial charge < -0.3 is 0 Å². The number of pyridine rings is 1. The van der Waals surface area contributed by atoms with Crippen LogP contribution in [0, 0.1) is 6.92 Å². The van der Waals surface area contributed by atoms with Crippen molar-refractivity contribution in [2.75, 3.05) is 0 Å². The summed E-state index contributed by atoms with van der Waals surface area (Å²) in [5.41, 5.74) is 2.11. The van der Waals surface area contributed by atoms with Gasteiger partial charge in [0.15, 0.2) is 0 Å². The third-order valence-corrected chi connectivity index (χ3v) is 2.56. The molecule has 2 nitrogen and oxygen atoms in total. The van der Waals surface area contributed by atoms with E-state index in [1.54, 1.807) is 17.5 Å². The zero-order valence-corrected chi connectivity index (χ0v) is 8.66. The summed E-state index contributed by atoms with van der Waals surface area (Å²) in [6.07, 6.45) is 7.61. The minimum absolute atomic E-state index is 1.01. The number of rotatable bonds is 2. The number of aromatic nitrogens is 2. The lowest BCUT2D eigenvalue weighted by Gasteiger charge is -1.88. The van der Waals surface area contributed by atoms with E-state index < -0.39 is 0 Å². The van der Waals surface area contributed by atoms with E-state index in [-0.39, 0.29) is 0 Å². The topological polar surface area (TPSA) is 25.8 Å². The molecule has 2 rings (SSSR count). The molecule has 0 atom stereocenters. The summed E-state index contributed by atoms with van der Waals surface area (Å²) in [4.78, 5) is 8.37. The van der Waals surface area contributed by atoms with E-state index in [9.17, 15) is 0 Å². The van der Waals surface area contributed by atoms with Crippen LogP contribution in [0.1, 0.15) is 16.3 Å². The van der Waals surface area contributed by atoms with Crippen molar-refractivity contribution in [2.24, 2.45) is 0 Å². The van der Waals surface area contributed by atoms with Crippen LogP contribution in [0.4, 0.5) is 0 Å². The van der Waals surface area contributed by atoms with Crippen molar-refractivity contribution in [1.82, 2.24) is 9.97 Å². The molecule has 0 aliphatic rings. The van der Waals surface area contributed by atoms with Crippen molar-refractivity contribution in [3.8, 4) is 0 Å². The molecule has 0 amide bonds. The fourth-order valence-electron chi connectivity index (χ4n) is 1.11. The van der Waals surface area contributed by atoms with Crippen LogP contribution in [0.5, 0.6) is 0 Å². The van der Waals surface area contributed by atoms with Gasteiger partial charge >= 0.3 is 0 Å². The average molecular weight is 202 g/mol. The standard InChI is InChI=1S/C11H10N2S/c1-9-13-11(8-14-9)5-4-10-3-2-6-12-7-10/h2-8H,1H3.